The number of aliphatic imine (C=N–C) groups is 1. The third kappa shape index (κ3) is 12.8. The number of carboxylic acid groups (broad SMARTS) is 2. The van der Waals surface area contributed by atoms with Crippen LogP contribution in [0.25, 0.3) is 0 Å². The lowest BCUT2D eigenvalue weighted by Crippen LogP contribution is -2.58. The lowest BCUT2D eigenvalue weighted by molar-refractivity contribution is -0.143. The van der Waals surface area contributed by atoms with Gasteiger partial charge in [0.2, 0.25) is 17.7 Å². The zero-order valence-corrected chi connectivity index (χ0v) is 20.8. The van der Waals surface area contributed by atoms with Crippen molar-refractivity contribution in [2.45, 2.75) is 70.1 Å². The fourth-order valence-electron chi connectivity index (χ4n) is 2.88. The maximum Gasteiger partial charge on any atom is 0.326 e. The van der Waals surface area contributed by atoms with Gasteiger partial charge in [0, 0.05) is 18.7 Å². The molecule has 5 atom stereocenters. The molecular weight excluding hydrogens is 482 g/mol. The minimum atomic E-state index is -1.48. The molecule has 35 heavy (non-hydrogen) atoms. The highest BCUT2D eigenvalue weighted by atomic mass is 32.1. The van der Waals surface area contributed by atoms with Gasteiger partial charge >= 0.3 is 11.9 Å². The molecule has 0 fully saturated rings. The number of carbonyl (C=O) groups is 5. The molecule has 0 saturated heterocycles. The molecule has 0 heterocycles. The number of nitrogens with zero attached hydrogens (tertiary/aromatic N) is 1. The first kappa shape index (κ1) is 31.9. The smallest absolute Gasteiger partial charge is 0.326 e. The molecule has 3 amide bonds. The predicted octanol–water partition coefficient (Wildman–Crippen LogP) is -2.25. The standard InChI is InChI=1S/C20H37N7O7S/c1-3-10(2)15(27-16(30)11(21)9-35)18(32)25-12(5-4-8-24-20(22)23)17(31)26-13(19(33)34)6-7-14(28)29/h10-13,15,35H,3-9,21H2,1-2H3,(H,25,32)(H,26,31)(H,27,30)(H,28,29)(H,33,34)(H4,22,23,24). The number of rotatable bonds is 17. The van der Waals surface area contributed by atoms with Crippen LogP contribution in [-0.2, 0) is 24.0 Å². The predicted molar refractivity (Wildman–Crippen MR) is 131 cm³/mol. The van der Waals surface area contributed by atoms with Crippen LogP contribution in [0.1, 0.15) is 46.0 Å². The Morgan fingerprint density at radius 3 is 2.03 bits per heavy atom. The minimum absolute atomic E-state index is 0.0386. The van der Waals surface area contributed by atoms with Crippen molar-refractivity contribution < 1.29 is 34.2 Å². The summed E-state index contributed by atoms with van der Waals surface area (Å²) in [6, 6.07) is -4.64. The van der Waals surface area contributed by atoms with Gasteiger partial charge in [-0.05, 0) is 25.2 Å². The van der Waals surface area contributed by atoms with Crippen molar-refractivity contribution in [1.82, 2.24) is 16.0 Å². The summed E-state index contributed by atoms with van der Waals surface area (Å²) in [5.41, 5.74) is 16.3. The van der Waals surface area contributed by atoms with E-state index in [0.717, 1.165) is 0 Å². The Labute approximate surface area is 209 Å². The van der Waals surface area contributed by atoms with Gasteiger partial charge in [0.05, 0.1) is 6.04 Å². The van der Waals surface area contributed by atoms with Crippen molar-refractivity contribution >= 4 is 48.2 Å². The Bertz CT molecular complexity index is 777. The number of hydrogen-bond acceptors (Lipinski definition) is 8. The summed E-state index contributed by atoms with van der Waals surface area (Å²) in [5, 5.41) is 25.5. The quantitative estimate of drug-likeness (QED) is 0.0431. The second-order valence-electron chi connectivity index (χ2n) is 8.00. The second-order valence-corrected chi connectivity index (χ2v) is 8.37. The van der Waals surface area contributed by atoms with Crippen molar-refractivity contribution in [3.8, 4) is 0 Å². The monoisotopic (exact) mass is 519 g/mol. The SMILES string of the molecule is CCC(C)C(NC(=O)C(N)CS)C(=O)NC(CCCN=C(N)N)C(=O)NC(CCC(=O)O)C(=O)O. The van der Waals surface area contributed by atoms with Gasteiger partial charge in [-0.1, -0.05) is 20.3 Å². The van der Waals surface area contributed by atoms with E-state index in [2.05, 4.69) is 33.6 Å². The molecule has 0 radical (unpaired) electrons. The van der Waals surface area contributed by atoms with Gasteiger partial charge in [-0.25, -0.2) is 4.79 Å². The summed E-state index contributed by atoms with van der Waals surface area (Å²) in [7, 11) is 0. The van der Waals surface area contributed by atoms with E-state index in [1.807, 2.05) is 6.92 Å². The molecule has 0 aliphatic heterocycles. The Morgan fingerprint density at radius 1 is 0.943 bits per heavy atom. The third-order valence-electron chi connectivity index (χ3n) is 5.17. The Hall–Kier alpha value is -3.07. The molecule has 200 valence electrons. The van der Waals surface area contributed by atoms with Crippen LogP contribution in [0.3, 0.4) is 0 Å². The Balaban J connectivity index is 5.65. The van der Waals surface area contributed by atoms with E-state index in [-0.39, 0.29) is 43.4 Å². The number of hydrogen-bond donors (Lipinski definition) is 9. The average Bonchev–Trinajstić information content (AvgIpc) is 2.79. The second kappa shape index (κ2) is 16.5. The number of nitrogens with one attached hydrogen (secondary N) is 3. The number of amides is 3. The lowest BCUT2D eigenvalue weighted by atomic mass is 9.97. The van der Waals surface area contributed by atoms with Crippen molar-refractivity contribution in [2.24, 2.45) is 28.1 Å². The van der Waals surface area contributed by atoms with Crippen molar-refractivity contribution in [2.75, 3.05) is 12.3 Å². The van der Waals surface area contributed by atoms with E-state index < -0.39 is 60.2 Å². The van der Waals surface area contributed by atoms with Gasteiger partial charge in [-0.2, -0.15) is 12.6 Å². The largest absolute Gasteiger partial charge is 0.481 e. The highest BCUT2D eigenvalue weighted by Crippen LogP contribution is 2.10. The molecule has 0 rings (SSSR count). The van der Waals surface area contributed by atoms with Crippen molar-refractivity contribution in [3.05, 3.63) is 0 Å². The van der Waals surface area contributed by atoms with Gasteiger partial charge in [-0.3, -0.25) is 24.2 Å². The molecule has 0 aliphatic rings. The van der Waals surface area contributed by atoms with Crippen LogP contribution in [0.5, 0.6) is 0 Å². The van der Waals surface area contributed by atoms with E-state index in [1.54, 1.807) is 6.92 Å². The van der Waals surface area contributed by atoms with Crippen LogP contribution >= 0.6 is 12.6 Å². The van der Waals surface area contributed by atoms with Crippen LogP contribution in [0.15, 0.2) is 4.99 Å². The fraction of sp³-hybridized carbons (Fsp3) is 0.700. The summed E-state index contributed by atoms with van der Waals surface area (Å²) < 4.78 is 0. The van der Waals surface area contributed by atoms with Gasteiger partial charge in [0.15, 0.2) is 5.96 Å². The number of nitrogens with two attached hydrogens (primary N) is 3. The van der Waals surface area contributed by atoms with Crippen molar-refractivity contribution in [3.63, 3.8) is 0 Å². The summed E-state index contributed by atoms with van der Waals surface area (Å²) >= 11 is 3.97. The molecule has 0 spiro atoms. The van der Waals surface area contributed by atoms with Gasteiger partial charge < -0.3 is 43.4 Å². The van der Waals surface area contributed by atoms with Crippen molar-refractivity contribution in [1.29, 1.82) is 0 Å². The van der Waals surface area contributed by atoms with Gasteiger partial charge in [-0.15, -0.1) is 0 Å². The molecular formula is C20H37N7O7S. The van der Waals surface area contributed by atoms with E-state index in [0.29, 0.717) is 6.42 Å². The molecule has 0 aromatic heterocycles. The van der Waals surface area contributed by atoms with E-state index in [1.165, 1.54) is 0 Å². The highest BCUT2D eigenvalue weighted by Gasteiger charge is 2.32. The minimum Gasteiger partial charge on any atom is -0.481 e. The van der Waals surface area contributed by atoms with Crippen LogP contribution < -0.4 is 33.2 Å². The molecule has 0 aromatic carbocycles. The van der Waals surface area contributed by atoms with Gasteiger partial charge in [0.25, 0.3) is 0 Å². The molecule has 15 heteroatoms. The molecule has 0 aliphatic carbocycles. The zero-order chi connectivity index (χ0) is 27.1. The summed E-state index contributed by atoms with van der Waals surface area (Å²) in [5.74, 6) is -5.15. The Morgan fingerprint density at radius 2 is 1.54 bits per heavy atom. The van der Waals surface area contributed by atoms with E-state index in [9.17, 15) is 29.1 Å². The maximum atomic E-state index is 13.1. The number of thiol groups is 1. The maximum absolute atomic E-state index is 13.1. The lowest BCUT2D eigenvalue weighted by Gasteiger charge is -2.27. The molecule has 5 unspecified atom stereocenters. The van der Waals surface area contributed by atoms with Crippen LogP contribution in [-0.4, -0.2) is 82.3 Å². The molecule has 14 nitrogen and oxygen atoms in total. The highest BCUT2D eigenvalue weighted by molar-refractivity contribution is 7.80. The van der Waals surface area contributed by atoms with E-state index >= 15 is 0 Å². The number of guanidine groups is 1. The average molecular weight is 520 g/mol. The molecule has 0 aromatic rings. The first-order valence-electron chi connectivity index (χ1n) is 11.1. The first-order chi connectivity index (χ1) is 16.3. The van der Waals surface area contributed by atoms with E-state index in [4.69, 9.17) is 22.3 Å². The van der Waals surface area contributed by atoms with Crippen LogP contribution in [0, 0.1) is 5.92 Å². The summed E-state index contributed by atoms with van der Waals surface area (Å²) in [6.07, 6.45) is -0.0123. The summed E-state index contributed by atoms with van der Waals surface area (Å²) in [6.45, 7) is 3.69. The number of carboxylic acids is 2. The molecule has 11 N–H and O–H groups in total. The van der Waals surface area contributed by atoms with Gasteiger partial charge in [0.1, 0.15) is 18.1 Å². The zero-order valence-electron chi connectivity index (χ0n) is 19.9. The topological polar surface area (TPSA) is 252 Å². The normalized spacial score (nSPS) is 15.0. The number of carbonyl (C=O) groups excluding carboxylic acids is 3. The van der Waals surface area contributed by atoms with Crippen LogP contribution in [0.4, 0.5) is 0 Å². The molecule has 0 bridgehead atoms. The first-order valence-corrected chi connectivity index (χ1v) is 11.7. The number of aliphatic carboxylic acids is 2. The Kier molecular flexibility index (Phi) is 15.1. The molecule has 0 saturated carbocycles. The third-order valence-corrected chi connectivity index (χ3v) is 5.56. The van der Waals surface area contributed by atoms with Crippen LogP contribution in [0.2, 0.25) is 0 Å². The summed E-state index contributed by atoms with van der Waals surface area (Å²) in [4.78, 5) is 64.3. The fourth-order valence-corrected chi connectivity index (χ4v) is 3.04.